The summed E-state index contributed by atoms with van der Waals surface area (Å²) in [5, 5.41) is 13.0. The standard InChI is InChI=1S/C8H15NO/c10-7-1-5-9-6-4-8(7)2-3-8/h7,9-10H,1-6H2. The summed E-state index contributed by atoms with van der Waals surface area (Å²) in [6.07, 6.45) is 4.65. The van der Waals surface area contributed by atoms with Gasteiger partial charge in [0, 0.05) is 0 Å². The van der Waals surface area contributed by atoms with E-state index in [0.717, 1.165) is 19.5 Å². The van der Waals surface area contributed by atoms with Crippen LogP contribution in [0.3, 0.4) is 0 Å². The number of nitrogens with one attached hydrogen (secondary N) is 1. The lowest BCUT2D eigenvalue weighted by molar-refractivity contribution is 0.0899. The van der Waals surface area contributed by atoms with Crippen LogP contribution in [0.25, 0.3) is 0 Å². The molecule has 0 bridgehead atoms. The molecular weight excluding hydrogens is 126 g/mol. The van der Waals surface area contributed by atoms with Crippen molar-refractivity contribution in [3.63, 3.8) is 0 Å². The largest absolute Gasteiger partial charge is 0.393 e. The van der Waals surface area contributed by atoms with Gasteiger partial charge in [-0.1, -0.05) is 0 Å². The van der Waals surface area contributed by atoms with Gasteiger partial charge in [0.15, 0.2) is 0 Å². The Balaban J connectivity index is 2.02. The van der Waals surface area contributed by atoms with Crippen molar-refractivity contribution in [1.82, 2.24) is 5.32 Å². The second-order valence-electron chi connectivity index (χ2n) is 3.67. The smallest absolute Gasteiger partial charge is 0.0609 e. The topological polar surface area (TPSA) is 32.3 Å². The zero-order chi connectivity index (χ0) is 7.03. The normalized spacial score (nSPS) is 37.5. The predicted molar refractivity (Wildman–Crippen MR) is 39.8 cm³/mol. The molecule has 2 N–H and O–H groups in total. The molecule has 1 unspecified atom stereocenters. The molecule has 1 spiro atoms. The Hall–Kier alpha value is -0.0800. The molecule has 1 saturated carbocycles. The maximum atomic E-state index is 9.64. The highest BCUT2D eigenvalue weighted by Crippen LogP contribution is 2.52. The van der Waals surface area contributed by atoms with Gasteiger partial charge in [0.1, 0.15) is 0 Å². The summed E-state index contributed by atoms with van der Waals surface area (Å²) in [5.41, 5.74) is 0.365. The van der Waals surface area contributed by atoms with Crippen LogP contribution < -0.4 is 5.32 Å². The van der Waals surface area contributed by atoms with Crippen LogP contribution in [-0.2, 0) is 0 Å². The van der Waals surface area contributed by atoms with Gasteiger partial charge in [-0.3, -0.25) is 0 Å². The lowest BCUT2D eigenvalue weighted by Gasteiger charge is -2.17. The van der Waals surface area contributed by atoms with Crippen molar-refractivity contribution in [2.75, 3.05) is 13.1 Å². The first-order valence-corrected chi connectivity index (χ1v) is 4.22. The van der Waals surface area contributed by atoms with E-state index in [9.17, 15) is 5.11 Å². The molecule has 0 amide bonds. The number of aliphatic hydroxyl groups is 1. The van der Waals surface area contributed by atoms with Crippen molar-refractivity contribution in [3.8, 4) is 0 Å². The molecule has 1 aliphatic carbocycles. The van der Waals surface area contributed by atoms with Crippen LogP contribution in [-0.4, -0.2) is 24.3 Å². The number of hydrogen-bond acceptors (Lipinski definition) is 2. The van der Waals surface area contributed by atoms with Gasteiger partial charge in [-0.25, -0.2) is 0 Å². The van der Waals surface area contributed by atoms with E-state index in [0.29, 0.717) is 5.41 Å². The molecule has 0 aromatic rings. The van der Waals surface area contributed by atoms with Crippen molar-refractivity contribution in [2.45, 2.75) is 31.8 Å². The zero-order valence-corrected chi connectivity index (χ0v) is 6.27. The quantitative estimate of drug-likeness (QED) is 0.515. The van der Waals surface area contributed by atoms with Crippen molar-refractivity contribution in [2.24, 2.45) is 5.41 Å². The fourth-order valence-electron chi connectivity index (χ4n) is 1.92. The third-order valence-electron chi connectivity index (χ3n) is 2.99. The van der Waals surface area contributed by atoms with Crippen LogP contribution in [0, 0.1) is 5.41 Å². The average molecular weight is 141 g/mol. The first kappa shape index (κ1) is 6.62. The SMILES string of the molecule is OC1CCNCCC12CC2. The summed E-state index contributed by atoms with van der Waals surface area (Å²) in [6, 6.07) is 0. The van der Waals surface area contributed by atoms with Crippen LogP contribution in [0.5, 0.6) is 0 Å². The molecule has 2 heteroatoms. The van der Waals surface area contributed by atoms with E-state index in [1.807, 2.05) is 0 Å². The van der Waals surface area contributed by atoms with E-state index in [2.05, 4.69) is 5.32 Å². The van der Waals surface area contributed by atoms with Crippen molar-refractivity contribution < 1.29 is 5.11 Å². The lowest BCUT2D eigenvalue weighted by Crippen LogP contribution is -2.20. The second-order valence-corrected chi connectivity index (χ2v) is 3.67. The monoisotopic (exact) mass is 141 g/mol. The van der Waals surface area contributed by atoms with Crippen molar-refractivity contribution >= 4 is 0 Å². The summed E-state index contributed by atoms with van der Waals surface area (Å²) in [5.74, 6) is 0. The molecule has 2 aliphatic rings. The molecule has 1 atom stereocenters. The molecule has 1 heterocycles. The third kappa shape index (κ3) is 0.956. The van der Waals surface area contributed by atoms with E-state index in [4.69, 9.17) is 0 Å². The molecule has 10 heavy (non-hydrogen) atoms. The average Bonchev–Trinajstić information content (AvgIpc) is 2.69. The highest BCUT2D eigenvalue weighted by atomic mass is 16.3. The summed E-state index contributed by atoms with van der Waals surface area (Å²) in [6.45, 7) is 2.11. The Kier molecular flexibility index (Phi) is 1.46. The summed E-state index contributed by atoms with van der Waals surface area (Å²) in [7, 11) is 0. The van der Waals surface area contributed by atoms with Crippen molar-refractivity contribution in [3.05, 3.63) is 0 Å². The van der Waals surface area contributed by atoms with Gasteiger partial charge in [-0.15, -0.1) is 0 Å². The van der Waals surface area contributed by atoms with Crippen LogP contribution in [0.15, 0.2) is 0 Å². The number of rotatable bonds is 0. The first-order valence-electron chi connectivity index (χ1n) is 4.22. The molecular formula is C8H15NO. The Morgan fingerprint density at radius 3 is 2.70 bits per heavy atom. The van der Waals surface area contributed by atoms with E-state index < -0.39 is 0 Å². The lowest BCUT2D eigenvalue weighted by atomic mass is 9.94. The van der Waals surface area contributed by atoms with Gasteiger partial charge in [-0.05, 0) is 44.2 Å². The highest BCUT2D eigenvalue weighted by Gasteiger charge is 2.48. The third-order valence-corrected chi connectivity index (χ3v) is 2.99. The Bertz CT molecular complexity index is 131. The maximum Gasteiger partial charge on any atom is 0.0609 e. The van der Waals surface area contributed by atoms with Crippen LogP contribution >= 0.6 is 0 Å². The molecule has 1 aliphatic heterocycles. The predicted octanol–water partition coefficient (Wildman–Crippen LogP) is 0.511. The van der Waals surface area contributed by atoms with E-state index in [1.54, 1.807) is 0 Å². The second kappa shape index (κ2) is 2.21. The maximum absolute atomic E-state index is 9.64. The molecule has 2 rings (SSSR count). The van der Waals surface area contributed by atoms with Crippen LogP contribution in [0.4, 0.5) is 0 Å². The van der Waals surface area contributed by atoms with Crippen molar-refractivity contribution in [1.29, 1.82) is 0 Å². The first-order chi connectivity index (χ1) is 4.83. The van der Waals surface area contributed by atoms with E-state index in [-0.39, 0.29) is 6.10 Å². The minimum Gasteiger partial charge on any atom is -0.393 e. The van der Waals surface area contributed by atoms with E-state index >= 15 is 0 Å². The summed E-state index contributed by atoms with van der Waals surface area (Å²) < 4.78 is 0. The van der Waals surface area contributed by atoms with Crippen LogP contribution in [0.1, 0.15) is 25.7 Å². The van der Waals surface area contributed by atoms with Gasteiger partial charge in [-0.2, -0.15) is 0 Å². The highest BCUT2D eigenvalue weighted by molar-refractivity contribution is 5.00. The molecule has 0 radical (unpaired) electrons. The molecule has 0 aromatic carbocycles. The van der Waals surface area contributed by atoms with E-state index in [1.165, 1.54) is 19.3 Å². The molecule has 0 aromatic heterocycles. The fraction of sp³-hybridized carbons (Fsp3) is 1.00. The molecule has 1 saturated heterocycles. The minimum atomic E-state index is -0.0116. The Morgan fingerprint density at radius 1 is 1.20 bits per heavy atom. The van der Waals surface area contributed by atoms with Crippen LogP contribution in [0.2, 0.25) is 0 Å². The Morgan fingerprint density at radius 2 is 2.00 bits per heavy atom. The van der Waals surface area contributed by atoms with Gasteiger partial charge in [0.2, 0.25) is 0 Å². The van der Waals surface area contributed by atoms with Gasteiger partial charge >= 0.3 is 0 Å². The van der Waals surface area contributed by atoms with Gasteiger partial charge in [0.05, 0.1) is 6.10 Å². The molecule has 58 valence electrons. The summed E-state index contributed by atoms with van der Waals surface area (Å²) >= 11 is 0. The molecule has 2 fully saturated rings. The number of hydrogen-bond donors (Lipinski definition) is 2. The number of aliphatic hydroxyl groups excluding tert-OH is 1. The minimum absolute atomic E-state index is 0.0116. The fourth-order valence-corrected chi connectivity index (χ4v) is 1.92. The van der Waals surface area contributed by atoms with Gasteiger partial charge in [0.25, 0.3) is 0 Å². The van der Waals surface area contributed by atoms with Gasteiger partial charge < -0.3 is 10.4 Å². The molecule has 2 nitrogen and oxygen atoms in total. The Labute approximate surface area is 61.6 Å². The zero-order valence-electron chi connectivity index (χ0n) is 6.27. The summed E-state index contributed by atoms with van der Waals surface area (Å²) in [4.78, 5) is 0.